The normalized spacial score (nSPS) is 27.0. The second kappa shape index (κ2) is 5.71. The standard InChI is InChI=1S/C16H34N2OSi/c1-15(2,3)20(4,5)19-14-13-18(11-6-10-17)12-9-16(14)7-8-16/h14H,6-13,17H2,1-5H3/t14-/m1/s1. The molecule has 0 aromatic rings. The van der Waals surface area contributed by atoms with Gasteiger partial charge in [0.1, 0.15) is 0 Å². The molecule has 1 aliphatic carbocycles. The zero-order valence-corrected chi connectivity index (χ0v) is 15.2. The van der Waals surface area contributed by atoms with Gasteiger partial charge in [-0.25, -0.2) is 0 Å². The Hall–Kier alpha value is 0.0969. The van der Waals surface area contributed by atoms with Crippen molar-refractivity contribution in [3.05, 3.63) is 0 Å². The Balaban J connectivity index is 2.00. The van der Waals surface area contributed by atoms with Crippen molar-refractivity contribution in [1.82, 2.24) is 4.90 Å². The van der Waals surface area contributed by atoms with E-state index >= 15 is 0 Å². The van der Waals surface area contributed by atoms with E-state index in [4.69, 9.17) is 10.2 Å². The van der Waals surface area contributed by atoms with Crippen LogP contribution in [0.25, 0.3) is 0 Å². The summed E-state index contributed by atoms with van der Waals surface area (Å²) in [6, 6.07) is 0. The van der Waals surface area contributed by atoms with E-state index in [1.807, 2.05) is 0 Å². The minimum atomic E-state index is -1.65. The van der Waals surface area contributed by atoms with Crippen molar-refractivity contribution >= 4 is 8.32 Å². The van der Waals surface area contributed by atoms with Crippen LogP contribution in [0.15, 0.2) is 0 Å². The molecule has 118 valence electrons. The first-order valence-electron chi connectivity index (χ1n) is 8.30. The maximum atomic E-state index is 6.80. The number of hydrogen-bond donors (Lipinski definition) is 1. The molecule has 0 bridgehead atoms. The molecule has 2 aliphatic rings. The molecular formula is C16H34N2OSi. The molecule has 0 aromatic heterocycles. The van der Waals surface area contributed by atoms with Gasteiger partial charge < -0.3 is 15.1 Å². The Labute approximate surface area is 126 Å². The summed E-state index contributed by atoms with van der Waals surface area (Å²) in [7, 11) is -1.65. The van der Waals surface area contributed by atoms with Crippen molar-refractivity contribution in [2.45, 2.75) is 70.7 Å². The van der Waals surface area contributed by atoms with Gasteiger partial charge in [-0.3, -0.25) is 0 Å². The summed E-state index contributed by atoms with van der Waals surface area (Å²) >= 11 is 0. The molecule has 1 aliphatic heterocycles. The lowest BCUT2D eigenvalue weighted by atomic mass is 9.90. The highest BCUT2D eigenvalue weighted by Gasteiger charge is 2.54. The van der Waals surface area contributed by atoms with E-state index in [0.717, 1.165) is 26.1 Å². The second-order valence-corrected chi connectivity index (χ2v) is 13.2. The summed E-state index contributed by atoms with van der Waals surface area (Å²) in [5.41, 5.74) is 6.19. The molecule has 2 rings (SSSR count). The fourth-order valence-corrected chi connectivity index (χ4v) is 4.40. The molecule has 0 aromatic carbocycles. The molecule has 0 amide bonds. The Morgan fingerprint density at radius 2 is 1.90 bits per heavy atom. The van der Waals surface area contributed by atoms with Gasteiger partial charge in [-0.2, -0.15) is 0 Å². The first kappa shape index (κ1) is 16.5. The predicted molar refractivity (Wildman–Crippen MR) is 88.5 cm³/mol. The van der Waals surface area contributed by atoms with Crippen LogP contribution in [-0.4, -0.2) is 45.5 Å². The monoisotopic (exact) mass is 298 g/mol. The minimum Gasteiger partial charge on any atom is -0.412 e. The molecule has 4 heteroatoms. The van der Waals surface area contributed by atoms with Gasteiger partial charge in [-0.05, 0) is 68.9 Å². The maximum absolute atomic E-state index is 6.80. The average Bonchev–Trinajstić information content (AvgIpc) is 3.10. The Kier molecular flexibility index (Phi) is 4.70. The molecular weight excluding hydrogens is 264 g/mol. The van der Waals surface area contributed by atoms with Crippen LogP contribution in [0.2, 0.25) is 18.1 Å². The van der Waals surface area contributed by atoms with Crippen molar-refractivity contribution in [2.24, 2.45) is 11.1 Å². The summed E-state index contributed by atoms with van der Waals surface area (Å²) < 4.78 is 6.80. The van der Waals surface area contributed by atoms with Crippen LogP contribution in [0.3, 0.4) is 0 Å². The number of nitrogens with two attached hydrogens (primary N) is 1. The smallest absolute Gasteiger partial charge is 0.192 e. The molecule has 1 heterocycles. The highest BCUT2D eigenvalue weighted by molar-refractivity contribution is 6.74. The highest BCUT2D eigenvalue weighted by Crippen LogP contribution is 2.56. The zero-order valence-electron chi connectivity index (χ0n) is 14.2. The van der Waals surface area contributed by atoms with Crippen molar-refractivity contribution in [3.8, 4) is 0 Å². The second-order valence-electron chi connectivity index (χ2n) is 8.42. The topological polar surface area (TPSA) is 38.5 Å². The minimum absolute atomic E-state index is 0.308. The van der Waals surface area contributed by atoms with E-state index in [0.29, 0.717) is 16.6 Å². The van der Waals surface area contributed by atoms with Crippen molar-refractivity contribution < 1.29 is 4.43 Å². The quantitative estimate of drug-likeness (QED) is 0.792. The van der Waals surface area contributed by atoms with E-state index in [1.165, 1.54) is 25.8 Å². The molecule has 0 unspecified atom stereocenters. The van der Waals surface area contributed by atoms with E-state index in [9.17, 15) is 0 Å². The highest BCUT2D eigenvalue weighted by atomic mass is 28.4. The molecule has 0 radical (unpaired) electrons. The molecule has 1 saturated heterocycles. The van der Waals surface area contributed by atoms with Crippen molar-refractivity contribution in [3.63, 3.8) is 0 Å². The lowest BCUT2D eigenvalue weighted by Crippen LogP contribution is -2.53. The SMILES string of the molecule is CC(C)(C)[Si](C)(C)O[C@@H]1CN(CCCN)CCC12CC2. The maximum Gasteiger partial charge on any atom is 0.192 e. The molecule has 2 N–H and O–H groups in total. The van der Waals surface area contributed by atoms with Gasteiger partial charge in [0.25, 0.3) is 0 Å². The van der Waals surface area contributed by atoms with Crippen LogP contribution in [0.4, 0.5) is 0 Å². The number of likely N-dealkylation sites (tertiary alicyclic amines) is 1. The number of nitrogens with zero attached hydrogens (tertiary/aromatic N) is 1. The van der Waals surface area contributed by atoms with Gasteiger partial charge >= 0.3 is 0 Å². The van der Waals surface area contributed by atoms with Crippen LogP contribution in [0, 0.1) is 5.41 Å². The van der Waals surface area contributed by atoms with E-state index in [-0.39, 0.29) is 0 Å². The van der Waals surface area contributed by atoms with Crippen LogP contribution < -0.4 is 5.73 Å². The largest absolute Gasteiger partial charge is 0.412 e. The van der Waals surface area contributed by atoms with E-state index in [1.54, 1.807) is 0 Å². The summed E-state index contributed by atoms with van der Waals surface area (Å²) in [5.74, 6) is 0. The van der Waals surface area contributed by atoms with Gasteiger partial charge in [0, 0.05) is 6.54 Å². The van der Waals surface area contributed by atoms with Gasteiger partial charge in [0.2, 0.25) is 0 Å². The lowest BCUT2D eigenvalue weighted by Gasteiger charge is -2.46. The van der Waals surface area contributed by atoms with Crippen LogP contribution in [0.1, 0.15) is 46.5 Å². The molecule has 1 atom stereocenters. The zero-order chi connectivity index (χ0) is 15.0. The van der Waals surface area contributed by atoms with Gasteiger partial charge in [0.15, 0.2) is 8.32 Å². The summed E-state index contributed by atoms with van der Waals surface area (Å²) in [6.07, 6.45) is 5.68. The van der Waals surface area contributed by atoms with Crippen LogP contribution >= 0.6 is 0 Å². The molecule has 20 heavy (non-hydrogen) atoms. The summed E-state index contributed by atoms with van der Waals surface area (Å²) in [4.78, 5) is 2.58. The summed E-state index contributed by atoms with van der Waals surface area (Å²) in [5, 5.41) is 0.308. The number of rotatable bonds is 5. The van der Waals surface area contributed by atoms with Crippen LogP contribution in [-0.2, 0) is 4.43 Å². The van der Waals surface area contributed by atoms with E-state index in [2.05, 4.69) is 38.8 Å². The molecule has 1 saturated carbocycles. The third-order valence-electron chi connectivity index (χ3n) is 5.85. The van der Waals surface area contributed by atoms with Crippen molar-refractivity contribution in [2.75, 3.05) is 26.2 Å². The third kappa shape index (κ3) is 3.46. The van der Waals surface area contributed by atoms with E-state index < -0.39 is 8.32 Å². The van der Waals surface area contributed by atoms with Gasteiger partial charge in [-0.15, -0.1) is 0 Å². The third-order valence-corrected chi connectivity index (χ3v) is 10.3. The lowest BCUT2D eigenvalue weighted by molar-refractivity contribution is 0.0169. The molecule has 1 spiro atoms. The first-order valence-corrected chi connectivity index (χ1v) is 11.2. The fraction of sp³-hybridized carbons (Fsp3) is 1.00. The first-order chi connectivity index (χ1) is 9.20. The Morgan fingerprint density at radius 1 is 1.25 bits per heavy atom. The van der Waals surface area contributed by atoms with Gasteiger partial charge in [-0.1, -0.05) is 20.8 Å². The van der Waals surface area contributed by atoms with Crippen molar-refractivity contribution in [1.29, 1.82) is 0 Å². The predicted octanol–water partition coefficient (Wildman–Crippen LogP) is 3.21. The summed E-state index contributed by atoms with van der Waals surface area (Å²) in [6.45, 7) is 16.1. The number of piperidine rings is 1. The molecule has 3 nitrogen and oxygen atoms in total. The van der Waals surface area contributed by atoms with Gasteiger partial charge in [0.05, 0.1) is 6.10 Å². The fourth-order valence-electron chi connectivity index (χ4n) is 3.01. The number of hydrogen-bond acceptors (Lipinski definition) is 3. The average molecular weight is 299 g/mol. The molecule has 2 fully saturated rings. The van der Waals surface area contributed by atoms with Crippen LogP contribution in [0.5, 0.6) is 0 Å². The Bertz CT molecular complexity index is 334. The Morgan fingerprint density at radius 3 is 2.40 bits per heavy atom.